The monoisotopic (exact) mass is 500 g/mol. The highest BCUT2D eigenvalue weighted by Gasteiger charge is 2.34. The van der Waals surface area contributed by atoms with E-state index in [9.17, 15) is 0 Å². The van der Waals surface area contributed by atoms with Crippen LogP contribution >= 0.6 is 0 Å². The number of benzene rings is 1. The first-order valence-corrected chi connectivity index (χ1v) is 15.3. The van der Waals surface area contributed by atoms with Crippen molar-refractivity contribution in [1.82, 2.24) is 9.80 Å². The van der Waals surface area contributed by atoms with Crippen LogP contribution < -0.4 is 0 Å². The van der Waals surface area contributed by atoms with Gasteiger partial charge < -0.3 is 4.90 Å². The topological polar surface area (TPSA) is 6.48 Å². The summed E-state index contributed by atoms with van der Waals surface area (Å²) in [6.07, 6.45) is 24.3. The quantitative estimate of drug-likeness (QED) is 0.177. The second-order valence-electron chi connectivity index (χ2n) is 11.8. The van der Waals surface area contributed by atoms with Crippen LogP contribution in [-0.4, -0.2) is 42.0 Å². The number of rotatable bonds is 15. The summed E-state index contributed by atoms with van der Waals surface area (Å²) in [4.78, 5) is 5.35. The Bertz CT molecular complexity index is 941. The molecule has 2 aliphatic carbocycles. The molecule has 0 N–H and O–H groups in total. The van der Waals surface area contributed by atoms with Gasteiger partial charge in [-0.1, -0.05) is 67.5 Å². The van der Waals surface area contributed by atoms with Crippen molar-refractivity contribution in [3.05, 3.63) is 84.0 Å². The van der Waals surface area contributed by atoms with Crippen LogP contribution in [0.4, 0.5) is 0 Å². The van der Waals surface area contributed by atoms with Gasteiger partial charge in [0.1, 0.15) is 0 Å². The molecule has 1 aromatic carbocycles. The Labute approximate surface area is 228 Å². The molecule has 4 rings (SSSR count). The van der Waals surface area contributed by atoms with Gasteiger partial charge in [-0.3, -0.25) is 4.90 Å². The minimum absolute atomic E-state index is 0.462. The molecule has 0 amide bonds. The lowest BCUT2D eigenvalue weighted by Gasteiger charge is -2.35. The fraction of sp³-hybridized carbons (Fsp3) is 0.600. The summed E-state index contributed by atoms with van der Waals surface area (Å²) in [5.74, 6) is 2.51. The zero-order valence-corrected chi connectivity index (χ0v) is 23.8. The van der Waals surface area contributed by atoms with Crippen molar-refractivity contribution in [3.63, 3.8) is 0 Å². The highest BCUT2D eigenvalue weighted by Crippen LogP contribution is 2.43. The van der Waals surface area contributed by atoms with Gasteiger partial charge in [0.15, 0.2) is 0 Å². The molecule has 2 heteroatoms. The molecule has 0 saturated heterocycles. The molecular weight excluding hydrogens is 448 g/mol. The van der Waals surface area contributed by atoms with Crippen LogP contribution in [0.5, 0.6) is 0 Å². The lowest BCUT2D eigenvalue weighted by atomic mass is 9.83. The van der Waals surface area contributed by atoms with Gasteiger partial charge in [-0.2, -0.15) is 0 Å². The average molecular weight is 501 g/mol. The number of hydrogen-bond donors (Lipinski definition) is 0. The Hall–Kier alpha value is -1.90. The van der Waals surface area contributed by atoms with Crippen LogP contribution in [0.3, 0.4) is 0 Å². The van der Waals surface area contributed by atoms with E-state index in [1.165, 1.54) is 76.6 Å². The summed E-state index contributed by atoms with van der Waals surface area (Å²) in [6.45, 7) is 18.6. The Kier molecular flexibility index (Phi) is 10.9. The van der Waals surface area contributed by atoms with E-state index in [1.807, 2.05) is 6.08 Å². The molecular formula is C35H52N2. The van der Waals surface area contributed by atoms with Crippen molar-refractivity contribution in [1.29, 1.82) is 0 Å². The van der Waals surface area contributed by atoms with Crippen molar-refractivity contribution in [2.24, 2.45) is 17.8 Å². The van der Waals surface area contributed by atoms with Crippen molar-refractivity contribution in [2.75, 3.05) is 26.2 Å². The zero-order valence-electron chi connectivity index (χ0n) is 23.8. The van der Waals surface area contributed by atoms with E-state index in [-0.39, 0.29) is 0 Å². The third-order valence-corrected chi connectivity index (χ3v) is 9.46. The second kappa shape index (κ2) is 14.3. The summed E-state index contributed by atoms with van der Waals surface area (Å²) >= 11 is 0. The SMILES string of the molecule is C=CCCC(C=C)N1CCc2cccc(CCCCCN(CC)CCC3CCC4C=CC(C)=CC43)c2C1. The molecule has 1 saturated carbocycles. The van der Waals surface area contributed by atoms with Crippen LogP contribution in [0.2, 0.25) is 0 Å². The number of fused-ring (bicyclic) bond motifs is 2. The van der Waals surface area contributed by atoms with E-state index in [0.29, 0.717) is 6.04 Å². The van der Waals surface area contributed by atoms with E-state index in [4.69, 9.17) is 0 Å². The summed E-state index contributed by atoms with van der Waals surface area (Å²) < 4.78 is 0. The molecule has 0 spiro atoms. The Morgan fingerprint density at radius 2 is 2.03 bits per heavy atom. The van der Waals surface area contributed by atoms with Gasteiger partial charge in [0.05, 0.1) is 0 Å². The molecule has 0 radical (unpaired) electrons. The minimum Gasteiger partial charge on any atom is -0.304 e. The minimum atomic E-state index is 0.462. The third kappa shape index (κ3) is 7.58. The van der Waals surface area contributed by atoms with Gasteiger partial charge >= 0.3 is 0 Å². The van der Waals surface area contributed by atoms with E-state index in [2.05, 4.69) is 79.3 Å². The molecule has 4 unspecified atom stereocenters. The Morgan fingerprint density at radius 3 is 2.84 bits per heavy atom. The summed E-state index contributed by atoms with van der Waals surface area (Å²) in [5, 5.41) is 0. The Morgan fingerprint density at radius 1 is 1.14 bits per heavy atom. The van der Waals surface area contributed by atoms with Gasteiger partial charge in [-0.15, -0.1) is 13.2 Å². The molecule has 37 heavy (non-hydrogen) atoms. The average Bonchev–Trinajstić information content (AvgIpc) is 3.32. The molecule has 0 bridgehead atoms. The number of nitrogens with zero attached hydrogens (tertiary/aromatic N) is 2. The largest absolute Gasteiger partial charge is 0.304 e. The third-order valence-electron chi connectivity index (χ3n) is 9.46. The molecule has 1 fully saturated rings. The standard InChI is InChI=1S/C35H52N2/c1-5-8-16-33(6-2)37-25-22-30-15-12-14-29(35(30)27-37)13-10-9-11-23-36(7-3)24-21-32-20-19-31-18-17-28(4)26-34(31)32/h5-6,12,14-15,17-18,26,31-34H,1-2,7-11,13,16,19-25,27H2,3-4H3. The van der Waals surface area contributed by atoms with Crippen molar-refractivity contribution in [3.8, 4) is 0 Å². The molecule has 202 valence electrons. The lowest BCUT2D eigenvalue weighted by Crippen LogP contribution is -2.38. The number of hydrogen-bond acceptors (Lipinski definition) is 2. The van der Waals surface area contributed by atoms with E-state index < -0.39 is 0 Å². The smallest absolute Gasteiger partial charge is 0.0282 e. The van der Waals surface area contributed by atoms with Crippen LogP contribution in [0, 0.1) is 17.8 Å². The second-order valence-corrected chi connectivity index (χ2v) is 11.8. The summed E-state index contributed by atoms with van der Waals surface area (Å²) in [5.41, 5.74) is 6.24. The fourth-order valence-electron chi connectivity index (χ4n) is 7.13. The van der Waals surface area contributed by atoms with Gasteiger partial charge in [-0.25, -0.2) is 0 Å². The molecule has 0 aromatic heterocycles. The fourth-order valence-corrected chi connectivity index (χ4v) is 7.13. The maximum absolute atomic E-state index is 4.13. The van der Waals surface area contributed by atoms with Crippen LogP contribution in [0.15, 0.2) is 67.3 Å². The number of aryl methyl sites for hydroxylation is 1. The molecule has 1 aliphatic heterocycles. The van der Waals surface area contributed by atoms with Gasteiger partial charge in [0.25, 0.3) is 0 Å². The first-order valence-electron chi connectivity index (χ1n) is 15.3. The van der Waals surface area contributed by atoms with Crippen molar-refractivity contribution >= 4 is 0 Å². The summed E-state index contributed by atoms with van der Waals surface area (Å²) in [6, 6.07) is 7.50. The lowest BCUT2D eigenvalue weighted by molar-refractivity contribution is 0.202. The molecule has 1 aromatic rings. The highest BCUT2D eigenvalue weighted by atomic mass is 15.2. The molecule has 4 atom stereocenters. The van der Waals surface area contributed by atoms with Crippen LogP contribution in [-0.2, 0) is 19.4 Å². The highest BCUT2D eigenvalue weighted by molar-refractivity contribution is 5.37. The number of allylic oxidation sites excluding steroid dienone is 5. The van der Waals surface area contributed by atoms with E-state index in [0.717, 1.165) is 43.7 Å². The van der Waals surface area contributed by atoms with Crippen molar-refractivity contribution in [2.45, 2.75) is 90.6 Å². The van der Waals surface area contributed by atoms with Crippen molar-refractivity contribution < 1.29 is 0 Å². The first-order chi connectivity index (χ1) is 18.1. The first kappa shape index (κ1) is 28.1. The normalized spacial score (nSPS) is 24.0. The van der Waals surface area contributed by atoms with Gasteiger partial charge in [-0.05, 0) is 119 Å². The maximum Gasteiger partial charge on any atom is 0.0282 e. The predicted molar refractivity (Wildman–Crippen MR) is 161 cm³/mol. The van der Waals surface area contributed by atoms with E-state index in [1.54, 1.807) is 16.7 Å². The zero-order chi connectivity index (χ0) is 26.0. The van der Waals surface area contributed by atoms with Crippen LogP contribution in [0.25, 0.3) is 0 Å². The van der Waals surface area contributed by atoms with Crippen LogP contribution in [0.1, 0.15) is 81.9 Å². The predicted octanol–water partition coefficient (Wildman–Crippen LogP) is 8.15. The molecule has 3 aliphatic rings. The summed E-state index contributed by atoms with van der Waals surface area (Å²) in [7, 11) is 0. The number of unbranched alkanes of at least 4 members (excludes halogenated alkanes) is 2. The molecule has 2 nitrogen and oxygen atoms in total. The Balaban J connectivity index is 1.20. The van der Waals surface area contributed by atoms with E-state index >= 15 is 0 Å². The maximum atomic E-state index is 4.13. The van der Waals surface area contributed by atoms with Gasteiger partial charge in [0.2, 0.25) is 0 Å². The van der Waals surface area contributed by atoms with Gasteiger partial charge in [0, 0.05) is 19.1 Å². The molecule has 1 heterocycles.